The maximum absolute atomic E-state index is 10.5. The van der Waals surface area contributed by atoms with Crippen LogP contribution >= 0.6 is 11.3 Å². The van der Waals surface area contributed by atoms with Gasteiger partial charge in [0.05, 0.1) is 5.60 Å². The summed E-state index contributed by atoms with van der Waals surface area (Å²) in [5.41, 5.74) is 0.635. The number of hydrogen-bond acceptors (Lipinski definition) is 2. The Bertz CT molecular complexity index is 321. The summed E-state index contributed by atoms with van der Waals surface area (Å²) in [6, 6.07) is 2.10. The van der Waals surface area contributed by atoms with E-state index in [4.69, 9.17) is 0 Å². The first-order valence-corrected chi connectivity index (χ1v) is 6.74. The zero-order chi connectivity index (χ0) is 10.9. The smallest absolute Gasteiger partial charge is 0.0965 e. The van der Waals surface area contributed by atoms with E-state index in [9.17, 15) is 5.11 Å². The van der Waals surface area contributed by atoms with Gasteiger partial charge in [-0.05, 0) is 43.2 Å². The lowest BCUT2D eigenvalue weighted by Gasteiger charge is -2.26. The largest absolute Gasteiger partial charge is 0.385 e. The highest BCUT2D eigenvalue weighted by atomic mass is 32.1. The van der Waals surface area contributed by atoms with Gasteiger partial charge >= 0.3 is 0 Å². The van der Waals surface area contributed by atoms with Gasteiger partial charge in [0, 0.05) is 4.88 Å². The standard InChI is InChI=1S/C13H20OS/c1-10-7-8-15-12(10)13(2,14)9-11-5-3-4-6-11/h7-8,11,14H,3-6,9H2,1-2H3. The van der Waals surface area contributed by atoms with Gasteiger partial charge in [0.2, 0.25) is 0 Å². The van der Waals surface area contributed by atoms with Crippen LogP contribution in [0.15, 0.2) is 11.4 Å². The summed E-state index contributed by atoms with van der Waals surface area (Å²) in [6.07, 6.45) is 6.25. The van der Waals surface area contributed by atoms with Crippen molar-refractivity contribution < 1.29 is 5.11 Å². The van der Waals surface area contributed by atoms with Crippen molar-refractivity contribution in [3.8, 4) is 0 Å². The fourth-order valence-electron chi connectivity index (χ4n) is 2.79. The average Bonchev–Trinajstić information content (AvgIpc) is 2.75. The van der Waals surface area contributed by atoms with E-state index in [-0.39, 0.29) is 0 Å². The van der Waals surface area contributed by atoms with Crippen LogP contribution in [0.4, 0.5) is 0 Å². The second-order valence-corrected chi connectivity index (χ2v) is 5.98. The zero-order valence-corrected chi connectivity index (χ0v) is 10.4. The molecule has 0 aromatic carbocycles. The van der Waals surface area contributed by atoms with Crippen molar-refractivity contribution in [3.63, 3.8) is 0 Å². The number of aryl methyl sites for hydroxylation is 1. The van der Waals surface area contributed by atoms with Crippen molar-refractivity contribution in [1.82, 2.24) is 0 Å². The monoisotopic (exact) mass is 224 g/mol. The molecule has 0 amide bonds. The minimum Gasteiger partial charge on any atom is -0.385 e. The molecule has 0 aliphatic heterocycles. The average molecular weight is 224 g/mol. The Hall–Kier alpha value is -0.340. The van der Waals surface area contributed by atoms with Crippen LogP contribution in [-0.2, 0) is 5.60 Å². The van der Waals surface area contributed by atoms with E-state index in [1.165, 1.54) is 31.2 Å². The van der Waals surface area contributed by atoms with Crippen LogP contribution in [0, 0.1) is 12.8 Å². The molecular weight excluding hydrogens is 204 g/mol. The van der Waals surface area contributed by atoms with E-state index >= 15 is 0 Å². The molecule has 0 radical (unpaired) electrons. The maximum atomic E-state index is 10.5. The van der Waals surface area contributed by atoms with E-state index in [0.717, 1.165) is 17.2 Å². The Labute approximate surface area is 96.1 Å². The first-order chi connectivity index (χ1) is 7.09. The Morgan fingerprint density at radius 3 is 2.67 bits per heavy atom. The number of thiophene rings is 1. The molecule has 0 spiro atoms. The molecule has 1 aliphatic carbocycles. The van der Waals surface area contributed by atoms with Gasteiger partial charge in [-0.2, -0.15) is 0 Å². The minimum absolute atomic E-state index is 0.604. The first-order valence-electron chi connectivity index (χ1n) is 5.86. The van der Waals surface area contributed by atoms with Crippen LogP contribution in [0.2, 0.25) is 0 Å². The maximum Gasteiger partial charge on any atom is 0.0965 e. The van der Waals surface area contributed by atoms with Gasteiger partial charge in [-0.3, -0.25) is 0 Å². The molecule has 1 N–H and O–H groups in total. The fourth-order valence-corrected chi connectivity index (χ4v) is 3.79. The number of hydrogen-bond donors (Lipinski definition) is 1. The van der Waals surface area contributed by atoms with Gasteiger partial charge in [-0.15, -0.1) is 11.3 Å². The van der Waals surface area contributed by atoms with E-state index in [2.05, 4.69) is 18.4 Å². The van der Waals surface area contributed by atoms with Crippen LogP contribution in [0.3, 0.4) is 0 Å². The summed E-state index contributed by atoms with van der Waals surface area (Å²) in [5, 5.41) is 12.6. The van der Waals surface area contributed by atoms with Gasteiger partial charge in [0.1, 0.15) is 0 Å². The molecule has 1 heterocycles. The van der Waals surface area contributed by atoms with Gasteiger partial charge in [-0.1, -0.05) is 25.7 Å². The third-order valence-electron chi connectivity index (χ3n) is 3.51. The summed E-state index contributed by atoms with van der Waals surface area (Å²) < 4.78 is 0. The van der Waals surface area contributed by atoms with E-state index in [0.29, 0.717) is 0 Å². The molecule has 15 heavy (non-hydrogen) atoms. The van der Waals surface area contributed by atoms with Gasteiger partial charge < -0.3 is 5.11 Å². The van der Waals surface area contributed by atoms with Crippen LogP contribution in [0.25, 0.3) is 0 Å². The highest BCUT2D eigenvalue weighted by molar-refractivity contribution is 7.10. The molecule has 1 aromatic rings. The lowest BCUT2D eigenvalue weighted by Crippen LogP contribution is -2.23. The molecule has 2 heteroatoms. The molecule has 2 rings (SSSR count). The molecule has 1 atom stereocenters. The molecule has 0 bridgehead atoms. The highest BCUT2D eigenvalue weighted by Crippen LogP contribution is 2.39. The normalized spacial score (nSPS) is 21.8. The zero-order valence-electron chi connectivity index (χ0n) is 9.62. The molecule has 0 saturated heterocycles. The Kier molecular flexibility index (Phi) is 3.17. The molecule has 1 unspecified atom stereocenters. The van der Waals surface area contributed by atoms with Crippen LogP contribution in [-0.4, -0.2) is 5.11 Å². The van der Waals surface area contributed by atoms with Crippen LogP contribution < -0.4 is 0 Å². The summed E-state index contributed by atoms with van der Waals surface area (Å²) in [7, 11) is 0. The summed E-state index contributed by atoms with van der Waals surface area (Å²) in [4.78, 5) is 1.16. The lowest BCUT2D eigenvalue weighted by molar-refractivity contribution is 0.0338. The van der Waals surface area contributed by atoms with Gasteiger partial charge in [0.15, 0.2) is 0 Å². The molecule has 1 fully saturated rings. The van der Waals surface area contributed by atoms with Gasteiger partial charge in [-0.25, -0.2) is 0 Å². The molecule has 1 aliphatic rings. The Morgan fingerprint density at radius 2 is 2.13 bits per heavy atom. The number of aliphatic hydroxyl groups is 1. The Morgan fingerprint density at radius 1 is 1.47 bits per heavy atom. The predicted octanol–water partition coefficient (Wildman–Crippen LogP) is 3.84. The summed E-state index contributed by atoms with van der Waals surface area (Å²) in [5.74, 6) is 0.737. The highest BCUT2D eigenvalue weighted by Gasteiger charge is 2.30. The Balaban J connectivity index is 2.08. The summed E-state index contributed by atoms with van der Waals surface area (Å²) >= 11 is 1.69. The SMILES string of the molecule is Cc1ccsc1C(C)(O)CC1CCCC1. The second-order valence-electron chi connectivity index (χ2n) is 5.06. The third-order valence-corrected chi connectivity index (χ3v) is 4.78. The molecular formula is C13H20OS. The van der Waals surface area contributed by atoms with Crippen LogP contribution in [0.5, 0.6) is 0 Å². The van der Waals surface area contributed by atoms with Crippen molar-refractivity contribution >= 4 is 11.3 Å². The second kappa shape index (κ2) is 4.26. The van der Waals surface area contributed by atoms with Crippen molar-refractivity contribution in [3.05, 3.63) is 21.9 Å². The molecule has 1 nitrogen and oxygen atoms in total. The quantitative estimate of drug-likeness (QED) is 0.827. The minimum atomic E-state index is -0.604. The van der Waals surface area contributed by atoms with E-state index in [1.54, 1.807) is 11.3 Å². The third kappa shape index (κ3) is 2.43. The number of rotatable bonds is 3. The topological polar surface area (TPSA) is 20.2 Å². The summed E-state index contributed by atoms with van der Waals surface area (Å²) in [6.45, 7) is 4.07. The predicted molar refractivity (Wildman–Crippen MR) is 65.2 cm³/mol. The lowest BCUT2D eigenvalue weighted by atomic mass is 9.88. The van der Waals surface area contributed by atoms with Crippen LogP contribution in [0.1, 0.15) is 49.5 Å². The van der Waals surface area contributed by atoms with Crippen molar-refractivity contribution in [2.45, 2.75) is 51.6 Å². The van der Waals surface area contributed by atoms with Gasteiger partial charge in [0.25, 0.3) is 0 Å². The van der Waals surface area contributed by atoms with Crippen molar-refractivity contribution in [1.29, 1.82) is 0 Å². The molecule has 84 valence electrons. The van der Waals surface area contributed by atoms with E-state index in [1.807, 2.05) is 6.92 Å². The van der Waals surface area contributed by atoms with E-state index < -0.39 is 5.60 Å². The first kappa shape index (κ1) is 11.2. The molecule has 1 aromatic heterocycles. The van der Waals surface area contributed by atoms with Crippen molar-refractivity contribution in [2.24, 2.45) is 5.92 Å². The fraction of sp³-hybridized carbons (Fsp3) is 0.692. The molecule has 1 saturated carbocycles. The van der Waals surface area contributed by atoms with Crippen molar-refractivity contribution in [2.75, 3.05) is 0 Å².